The lowest BCUT2D eigenvalue weighted by atomic mass is 10.2. The summed E-state index contributed by atoms with van der Waals surface area (Å²) in [7, 11) is 3.31. The molecule has 5 nitrogen and oxygen atoms in total. The maximum absolute atomic E-state index is 14.6. The van der Waals surface area contributed by atoms with Gasteiger partial charge in [-0.05, 0) is 18.9 Å². The molecule has 116 valence electrons. The average Bonchev–Trinajstić information content (AvgIpc) is 3.23. The fourth-order valence-corrected chi connectivity index (χ4v) is 2.74. The van der Waals surface area contributed by atoms with Crippen LogP contribution < -0.4 is 10.2 Å². The summed E-state index contributed by atoms with van der Waals surface area (Å²) >= 11 is 0. The summed E-state index contributed by atoms with van der Waals surface area (Å²) in [5.41, 5.74) is 0.668. The van der Waals surface area contributed by atoms with Gasteiger partial charge in [-0.3, -0.25) is 0 Å². The molecule has 3 rings (SSSR count). The Balaban J connectivity index is 1.73. The number of methoxy groups -OCH3 is 2. The summed E-state index contributed by atoms with van der Waals surface area (Å²) in [6, 6.07) is 2.30. The molecule has 1 saturated heterocycles. The van der Waals surface area contributed by atoms with Crippen LogP contribution >= 0.6 is 0 Å². The lowest BCUT2D eigenvalue weighted by Crippen LogP contribution is -2.27. The SMILES string of the molecule is COC1CN(c2nccc(CNC3CC3)c2F)CC1OC. The Morgan fingerprint density at radius 2 is 1.95 bits per heavy atom. The first-order valence-electron chi connectivity index (χ1n) is 7.40. The molecule has 1 aliphatic carbocycles. The number of nitrogens with one attached hydrogen (secondary N) is 1. The molecule has 1 aromatic rings. The monoisotopic (exact) mass is 295 g/mol. The van der Waals surface area contributed by atoms with Crippen LogP contribution in [0.2, 0.25) is 0 Å². The summed E-state index contributed by atoms with van der Waals surface area (Å²) in [4.78, 5) is 6.11. The molecule has 0 amide bonds. The number of aromatic nitrogens is 1. The smallest absolute Gasteiger partial charge is 0.170 e. The van der Waals surface area contributed by atoms with Crippen molar-refractivity contribution in [1.82, 2.24) is 10.3 Å². The molecule has 1 saturated carbocycles. The molecule has 1 aliphatic heterocycles. The molecule has 0 radical (unpaired) electrons. The van der Waals surface area contributed by atoms with E-state index >= 15 is 0 Å². The zero-order chi connectivity index (χ0) is 14.8. The van der Waals surface area contributed by atoms with E-state index in [4.69, 9.17) is 9.47 Å². The standard InChI is InChI=1S/C15H22FN3O2/c1-20-12-8-19(9-13(12)21-2)15-14(16)10(5-6-17-15)7-18-11-3-4-11/h5-6,11-13,18H,3-4,7-9H2,1-2H3. The molecule has 1 aromatic heterocycles. The molecule has 6 heteroatoms. The minimum absolute atomic E-state index is 0.0514. The van der Waals surface area contributed by atoms with Crippen LogP contribution in [-0.2, 0) is 16.0 Å². The van der Waals surface area contributed by atoms with Crippen molar-refractivity contribution in [2.24, 2.45) is 0 Å². The Morgan fingerprint density at radius 3 is 2.52 bits per heavy atom. The molecule has 0 bridgehead atoms. The van der Waals surface area contributed by atoms with Gasteiger partial charge in [-0.1, -0.05) is 0 Å². The van der Waals surface area contributed by atoms with Crippen LogP contribution in [0.5, 0.6) is 0 Å². The van der Waals surface area contributed by atoms with Crippen molar-refractivity contribution in [3.05, 3.63) is 23.6 Å². The van der Waals surface area contributed by atoms with Crippen molar-refractivity contribution in [2.75, 3.05) is 32.2 Å². The summed E-state index contributed by atoms with van der Waals surface area (Å²) in [5, 5.41) is 3.34. The van der Waals surface area contributed by atoms with Crippen LogP contribution in [0.15, 0.2) is 12.3 Å². The van der Waals surface area contributed by atoms with Gasteiger partial charge >= 0.3 is 0 Å². The molecule has 0 spiro atoms. The topological polar surface area (TPSA) is 46.6 Å². The summed E-state index contributed by atoms with van der Waals surface area (Å²) in [6.07, 6.45) is 3.95. The fourth-order valence-electron chi connectivity index (χ4n) is 2.74. The molecule has 2 fully saturated rings. The molecular formula is C15H22FN3O2. The molecule has 1 N–H and O–H groups in total. The third-order valence-electron chi connectivity index (χ3n) is 4.23. The number of nitrogens with zero attached hydrogens (tertiary/aromatic N) is 2. The Bertz CT molecular complexity index is 484. The highest BCUT2D eigenvalue weighted by atomic mass is 19.1. The van der Waals surface area contributed by atoms with E-state index in [2.05, 4.69) is 10.3 Å². The van der Waals surface area contributed by atoms with Gasteiger partial charge in [0.2, 0.25) is 0 Å². The van der Waals surface area contributed by atoms with Gasteiger partial charge in [0, 0.05) is 51.7 Å². The van der Waals surface area contributed by atoms with E-state index in [1.807, 2.05) is 4.90 Å². The maximum atomic E-state index is 14.6. The number of pyridine rings is 1. The molecule has 2 aliphatic rings. The van der Waals surface area contributed by atoms with Gasteiger partial charge in [0.25, 0.3) is 0 Å². The Morgan fingerprint density at radius 1 is 1.29 bits per heavy atom. The maximum Gasteiger partial charge on any atom is 0.170 e. The first-order chi connectivity index (χ1) is 10.2. The number of halogens is 1. The predicted molar refractivity (Wildman–Crippen MR) is 77.9 cm³/mol. The van der Waals surface area contributed by atoms with E-state index in [9.17, 15) is 4.39 Å². The number of ether oxygens (including phenoxy) is 2. The highest BCUT2D eigenvalue weighted by Crippen LogP contribution is 2.26. The Kier molecular flexibility index (Phi) is 4.37. The molecular weight excluding hydrogens is 273 g/mol. The second kappa shape index (κ2) is 6.25. The first-order valence-corrected chi connectivity index (χ1v) is 7.40. The normalized spacial score (nSPS) is 25.6. The van der Waals surface area contributed by atoms with Crippen molar-refractivity contribution >= 4 is 5.82 Å². The van der Waals surface area contributed by atoms with E-state index < -0.39 is 0 Å². The van der Waals surface area contributed by atoms with Crippen LogP contribution in [0.4, 0.5) is 10.2 Å². The molecule has 2 atom stereocenters. The van der Waals surface area contributed by atoms with E-state index in [-0.39, 0.29) is 18.0 Å². The Labute approximate surface area is 124 Å². The lowest BCUT2D eigenvalue weighted by molar-refractivity contribution is -0.00461. The molecule has 21 heavy (non-hydrogen) atoms. The van der Waals surface area contributed by atoms with Gasteiger partial charge in [-0.2, -0.15) is 0 Å². The largest absolute Gasteiger partial charge is 0.377 e. The van der Waals surface area contributed by atoms with Gasteiger partial charge in [-0.25, -0.2) is 9.37 Å². The second-order valence-electron chi connectivity index (χ2n) is 5.72. The van der Waals surface area contributed by atoms with Crippen molar-refractivity contribution in [3.63, 3.8) is 0 Å². The molecule has 2 heterocycles. The van der Waals surface area contributed by atoms with Crippen molar-refractivity contribution in [1.29, 1.82) is 0 Å². The number of rotatable bonds is 6. The van der Waals surface area contributed by atoms with E-state index in [0.29, 0.717) is 37.1 Å². The van der Waals surface area contributed by atoms with Crippen molar-refractivity contribution < 1.29 is 13.9 Å². The van der Waals surface area contributed by atoms with Gasteiger partial charge in [0.15, 0.2) is 11.6 Å². The highest BCUT2D eigenvalue weighted by molar-refractivity contribution is 5.45. The van der Waals surface area contributed by atoms with Crippen molar-refractivity contribution in [2.45, 2.75) is 37.6 Å². The third-order valence-corrected chi connectivity index (χ3v) is 4.23. The first kappa shape index (κ1) is 14.7. The van der Waals surface area contributed by atoms with Crippen molar-refractivity contribution in [3.8, 4) is 0 Å². The zero-order valence-electron chi connectivity index (χ0n) is 12.5. The Hall–Kier alpha value is -1.24. The predicted octanol–water partition coefficient (Wildman–Crippen LogP) is 1.32. The van der Waals surface area contributed by atoms with Gasteiger partial charge < -0.3 is 19.7 Å². The van der Waals surface area contributed by atoms with Gasteiger partial charge in [-0.15, -0.1) is 0 Å². The highest BCUT2D eigenvalue weighted by Gasteiger charge is 2.35. The van der Waals surface area contributed by atoms with E-state index in [1.165, 1.54) is 12.8 Å². The molecule has 2 unspecified atom stereocenters. The second-order valence-corrected chi connectivity index (χ2v) is 5.72. The average molecular weight is 295 g/mol. The number of anilines is 1. The van der Waals surface area contributed by atoms with Crippen LogP contribution in [0.25, 0.3) is 0 Å². The fraction of sp³-hybridized carbons (Fsp3) is 0.667. The lowest BCUT2D eigenvalue weighted by Gasteiger charge is -2.18. The van der Waals surface area contributed by atoms with Gasteiger partial charge in [0.05, 0.1) is 0 Å². The minimum Gasteiger partial charge on any atom is -0.377 e. The van der Waals surface area contributed by atoms with E-state index in [1.54, 1.807) is 26.5 Å². The number of hydrogen-bond donors (Lipinski definition) is 1. The van der Waals surface area contributed by atoms with Crippen LogP contribution in [0.3, 0.4) is 0 Å². The zero-order valence-corrected chi connectivity index (χ0v) is 12.5. The van der Waals surface area contributed by atoms with Gasteiger partial charge in [0.1, 0.15) is 12.2 Å². The molecule has 0 aromatic carbocycles. The van der Waals surface area contributed by atoms with Crippen LogP contribution in [0, 0.1) is 5.82 Å². The van der Waals surface area contributed by atoms with Crippen LogP contribution in [0.1, 0.15) is 18.4 Å². The van der Waals surface area contributed by atoms with Crippen LogP contribution in [-0.4, -0.2) is 50.5 Å². The quantitative estimate of drug-likeness (QED) is 0.858. The summed E-state index contributed by atoms with van der Waals surface area (Å²) in [5.74, 6) is 0.156. The third kappa shape index (κ3) is 3.17. The minimum atomic E-state index is -0.239. The summed E-state index contributed by atoms with van der Waals surface area (Å²) in [6.45, 7) is 1.75. The summed E-state index contributed by atoms with van der Waals surface area (Å²) < 4.78 is 25.4. The number of hydrogen-bond acceptors (Lipinski definition) is 5. The van der Waals surface area contributed by atoms with E-state index in [0.717, 1.165) is 0 Å².